The largest absolute Gasteiger partial charge is 0.477 e. The predicted molar refractivity (Wildman–Crippen MR) is 96.7 cm³/mol. The van der Waals surface area contributed by atoms with E-state index in [2.05, 4.69) is 11.8 Å². The molecule has 0 radical (unpaired) electrons. The molecule has 1 aromatic heterocycles. The maximum absolute atomic E-state index is 11.9. The van der Waals surface area contributed by atoms with Gasteiger partial charge in [0.15, 0.2) is 0 Å². The van der Waals surface area contributed by atoms with Gasteiger partial charge in [0, 0.05) is 38.5 Å². The summed E-state index contributed by atoms with van der Waals surface area (Å²) in [7, 11) is 3.66. The predicted octanol–water partition coefficient (Wildman–Crippen LogP) is 2.90. The number of carbonyl (C=O) groups excluding carboxylic acids is 1. The normalized spacial score (nSPS) is 18.1. The van der Waals surface area contributed by atoms with Crippen LogP contribution in [0.4, 0.5) is 5.69 Å². The first-order valence-corrected chi connectivity index (χ1v) is 8.77. The SMILES string of the molecule is CN1CCC(N(C)c2cc(C#CC(C)(C)C)sc2C(=O)O)CC1=O. The molecule has 1 amide bonds. The van der Waals surface area contributed by atoms with Crippen LogP contribution in [0.3, 0.4) is 0 Å². The first-order valence-electron chi connectivity index (χ1n) is 7.95. The Labute approximate surface area is 147 Å². The third-order valence-corrected chi connectivity index (χ3v) is 5.06. The number of nitrogens with zero attached hydrogens (tertiary/aromatic N) is 2. The number of amides is 1. The molecule has 0 aliphatic carbocycles. The van der Waals surface area contributed by atoms with E-state index in [0.717, 1.165) is 11.3 Å². The Bertz CT molecular complexity index is 706. The number of hydrogen-bond acceptors (Lipinski definition) is 4. The quantitative estimate of drug-likeness (QED) is 0.853. The minimum absolute atomic E-state index is 0.0184. The second-order valence-corrected chi connectivity index (χ2v) is 8.26. The molecule has 2 rings (SSSR count). The Hall–Kier alpha value is -2.00. The Balaban J connectivity index is 2.31. The highest BCUT2D eigenvalue weighted by Gasteiger charge is 2.29. The van der Waals surface area contributed by atoms with E-state index >= 15 is 0 Å². The number of carboxylic acid groups (broad SMARTS) is 1. The van der Waals surface area contributed by atoms with Gasteiger partial charge >= 0.3 is 5.97 Å². The molecule has 1 unspecified atom stereocenters. The van der Waals surface area contributed by atoms with Crippen LogP contribution >= 0.6 is 11.3 Å². The lowest BCUT2D eigenvalue weighted by Crippen LogP contribution is -2.45. The van der Waals surface area contributed by atoms with Crippen LogP contribution in [-0.4, -0.2) is 48.6 Å². The van der Waals surface area contributed by atoms with E-state index in [4.69, 9.17) is 0 Å². The van der Waals surface area contributed by atoms with E-state index in [1.54, 1.807) is 11.9 Å². The van der Waals surface area contributed by atoms with Gasteiger partial charge in [-0.15, -0.1) is 11.3 Å². The molecule has 1 aliphatic rings. The molecule has 1 aromatic rings. The summed E-state index contributed by atoms with van der Waals surface area (Å²) in [4.78, 5) is 28.2. The smallest absolute Gasteiger partial charge is 0.348 e. The third-order valence-electron chi connectivity index (χ3n) is 4.03. The van der Waals surface area contributed by atoms with Gasteiger partial charge in [-0.3, -0.25) is 4.79 Å². The molecule has 5 nitrogen and oxygen atoms in total. The monoisotopic (exact) mass is 348 g/mol. The summed E-state index contributed by atoms with van der Waals surface area (Å²) < 4.78 is 0. The first kappa shape index (κ1) is 18.3. The van der Waals surface area contributed by atoms with Gasteiger partial charge in [0.2, 0.25) is 5.91 Å². The molecular weight excluding hydrogens is 324 g/mol. The Morgan fingerprint density at radius 3 is 2.67 bits per heavy atom. The molecule has 1 N–H and O–H groups in total. The zero-order valence-electron chi connectivity index (χ0n) is 14.8. The molecule has 130 valence electrons. The maximum atomic E-state index is 11.9. The maximum Gasteiger partial charge on any atom is 0.348 e. The summed E-state index contributed by atoms with van der Waals surface area (Å²) in [5, 5.41) is 9.51. The van der Waals surface area contributed by atoms with Crippen LogP contribution in [0.25, 0.3) is 0 Å². The molecule has 1 atom stereocenters. The van der Waals surface area contributed by atoms with Crippen molar-refractivity contribution in [3.63, 3.8) is 0 Å². The second-order valence-electron chi connectivity index (χ2n) is 7.20. The van der Waals surface area contributed by atoms with Crippen molar-refractivity contribution in [2.24, 2.45) is 5.41 Å². The molecular formula is C18H24N2O3S. The third kappa shape index (κ3) is 4.30. The number of piperidine rings is 1. The van der Waals surface area contributed by atoms with Crippen molar-refractivity contribution in [2.45, 2.75) is 39.7 Å². The van der Waals surface area contributed by atoms with Gasteiger partial charge in [-0.2, -0.15) is 0 Å². The minimum atomic E-state index is -0.954. The van der Waals surface area contributed by atoms with Crippen LogP contribution in [0.5, 0.6) is 0 Å². The molecule has 0 spiro atoms. The van der Waals surface area contributed by atoms with Gasteiger partial charge < -0.3 is 14.9 Å². The fourth-order valence-corrected chi connectivity index (χ4v) is 3.45. The highest BCUT2D eigenvalue weighted by molar-refractivity contribution is 7.15. The summed E-state index contributed by atoms with van der Waals surface area (Å²) in [5.74, 6) is 5.36. The number of anilines is 1. The molecule has 2 heterocycles. The Morgan fingerprint density at radius 1 is 1.46 bits per heavy atom. The molecule has 0 saturated carbocycles. The molecule has 1 aliphatic heterocycles. The van der Waals surface area contributed by atoms with Crippen molar-refractivity contribution in [3.05, 3.63) is 15.8 Å². The van der Waals surface area contributed by atoms with Crippen LogP contribution in [0.15, 0.2) is 6.07 Å². The van der Waals surface area contributed by atoms with Gasteiger partial charge in [0.05, 0.1) is 10.6 Å². The average molecular weight is 348 g/mol. The van der Waals surface area contributed by atoms with E-state index < -0.39 is 5.97 Å². The molecule has 1 fully saturated rings. The number of carbonyl (C=O) groups is 2. The lowest BCUT2D eigenvalue weighted by molar-refractivity contribution is -0.132. The summed E-state index contributed by atoms with van der Waals surface area (Å²) in [6.07, 6.45) is 1.24. The van der Waals surface area contributed by atoms with Crippen molar-refractivity contribution in [1.82, 2.24) is 4.90 Å². The van der Waals surface area contributed by atoms with E-state index in [-0.39, 0.29) is 22.2 Å². The van der Waals surface area contributed by atoms with Crippen LogP contribution in [0, 0.1) is 17.3 Å². The fraction of sp³-hybridized carbons (Fsp3) is 0.556. The van der Waals surface area contributed by atoms with Crippen LogP contribution in [0.2, 0.25) is 0 Å². The lowest BCUT2D eigenvalue weighted by Gasteiger charge is -2.35. The van der Waals surface area contributed by atoms with Crippen LogP contribution < -0.4 is 4.90 Å². The number of thiophene rings is 1. The zero-order valence-corrected chi connectivity index (χ0v) is 15.7. The van der Waals surface area contributed by atoms with Gasteiger partial charge in [0.1, 0.15) is 4.88 Å². The Kier molecular flexibility index (Phi) is 5.24. The molecule has 0 aromatic carbocycles. The van der Waals surface area contributed by atoms with Crippen molar-refractivity contribution in [2.75, 3.05) is 25.5 Å². The van der Waals surface area contributed by atoms with Gasteiger partial charge in [-0.25, -0.2) is 4.79 Å². The highest BCUT2D eigenvalue weighted by Crippen LogP contribution is 2.32. The number of hydrogen-bond donors (Lipinski definition) is 1. The lowest BCUT2D eigenvalue weighted by atomic mass is 9.98. The van der Waals surface area contributed by atoms with Crippen LogP contribution in [0.1, 0.15) is 48.2 Å². The summed E-state index contributed by atoms with van der Waals surface area (Å²) in [6.45, 7) is 6.74. The van der Waals surface area contributed by atoms with E-state index in [1.165, 1.54) is 11.3 Å². The number of rotatable bonds is 3. The Morgan fingerprint density at radius 2 is 2.12 bits per heavy atom. The highest BCUT2D eigenvalue weighted by atomic mass is 32.1. The summed E-state index contributed by atoms with van der Waals surface area (Å²) in [6, 6.07) is 1.85. The van der Waals surface area contributed by atoms with E-state index in [1.807, 2.05) is 38.8 Å². The molecule has 0 bridgehead atoms. The molecule has 6 heteroatoms. The van der Waals surface area contributed by atoms with E-state index in [0.29, 0.717) is 18.7 Å². The van der Waals surface area contributed by atoms with Crippen molar-refractivity contribution >= 4 is 28.9 Å². The number of likely N-dealkylation sites (tertiary alicyclic amines) is 1. The van der Waals surface area contributed by atoms with E-state index in [9.17, 15) is 14.7 Å². The standard InChI is InChI=1S/C18H24N2O3S/c1-18(2,3)8-6-13-11-14(16(24-13)17(22)23)20(5)12-7-9-19(4)15(21)10-12/h11-12H,7,9-10H2,1-5H3,(H,22,23). The van der Waals surface area contributed by atoms with Crippen molar-refractivity contribution in [3.8, 4) is 11.8 Å². The number of aromatic carboxylic acids is 1. The van der Waals surface area contributed by atoms with Gasteiger partial charge in [-0.1, -0.05) is 11.8 Å². The number of carboxylic acids is 1. The van der Waals surface area contributed by atoms with Crippen molar-refractivity contribution in [1.29, 1.82) is 0 Å². The van der Waals surface area contributed by atoms with Crippen LogP contribution in [-0.2, 0) is 4.79 Å². The van der Waals surface area contributed by atoms with Gasteiger partial charge in [0.25, 0.3) is 0 Å². The molecule has 24 heavy (non-hydrogen) atoms. The summed E-state index contributed by atoms with van der Waals surface area (Å²) >= 11 is 1.19. The summed E-state index contributed by atoms with van der Waals surface area (Å²) in [5.41, 5.74) is 0.507. The second kappa shape index (κ2) is 6.86. The first-order chi connectivity index (χ1) is 11.1. The average Bonchev–Trinajstić information content (AvgIpc) is 2.91. The fourth-order valence-electron chi connectivity index (χ4n) is 2.56. The van der Waals surface area contributed by atoms with Gasteiger partial charge in [-0.05, 0) is 33.3 Å². The molecule has 1 saturated heterocycles. The zero-order chi connectivity index (χ0) is 18.1. The minimum Gasteiger partial charge on any atom is -0.477 e. The topological polar surface area (TPSA) is 60.9 Å². The van der Waals surface area contributed by atoms with Crippen molar-refractivity contribution < 1.29 is 14.7 Å².